The van der Waals surface area contributed by atoms with Gasteiger partial charge in [-0.15, -0.1) is 0 Å². The summed E-state index contributed by atoms with van der Waals surface area (Å²) in [5.74, 6) is 0.132. The number of nitrogens with one attached hydrogen (secondary N) is 2. The molecule has 0 aliphatic carbocycles. The molecule has 0 unspecified atom stereocenters. The molecular weight excluding hydrogens is 152 g/mol. The Morgan fingerprint density at radius 1 is 1.25 bits per heavy atom. The minimum Gasteiger partial charge on any atom is -0.359 e. The molecule has 0 heterocycles. The van der Waals surface area contributed by atoms with Crippen LogP contribution < -0.4 is 10.6 Å². The third-order valence-electron chi connectivity index (χ3n) is 1.74. The summed E-state index contributed by atoms with van der Waals surface area (Å²) >= 11 is 0. The summed E-state index contributed by atoms with van der Waals surface area (Å²) in [6, 6.07) is 0. The molecule has 3 heteroatoms. The number of unbranched alkanes of at least 4 members (excludes halogenated alkanes) is 1. The molecule has 0 saturated carbocycles. The van der Waals surface area contributed by atoms with E-state index in [-0.39, 0.29) is 5.91 Å². The van der Waals surface area contributed by atoms with Gasteiger partial charge in [-0.05, 0) is 25.9 Å². The van der Waals surface area contributed by atoms with E-state index in [1.54, 1.807) is 7.05 Å². The maximum atomic E-state index is 10.8. The lowest BCUT2D eigenvalue weighted by atomic mass is 10.3. The van der Waals surface area contributed by atoms with Crippen LogP contribution in [0.2, 0.25) is 0 Å². The first-order chi connectivity index (χ1) is 5.81. The summed E-state index contributed by atoms with van der Waals surface area (Å²) < 4.78 is 0. The molecule has 0 saturated heterocycles. The van der Waals surface area contributed by atoms with Crippen LogP contribution >= 0.6 is 0 Å². The Balaban J connectivity index is 2.95. The number of hydrogen-bond acceptors (Lipinski definition) is 2. The van der Waals surface area contributed by atoms with Crippen LogP contribution in [0.4, 0.5) is 0 Å². The lowest BCUT2D eigenvalue weighted by Gasteiger charge is -2.02. The van der Waals surface area contributed by atoms with Crippen molar-refractivity contribution < 1.29 is 4.79 Å². The fourth-order valence-corrected chi connectivity index (χ4v) is 0.926. The predicted octanol–water partition coefficient (Wildman–Crippen LogP) is 0.902. The van der Waals surface area contributed by atoms with Gasteiger partial charge in [0, 0.05) is 13.5 Å². The molecule has 0 rings (SSSR count). The third-order valence-corrected chi connectivity index (χ3v) is 1.74. The molecular formula is C9H20N2O. The molecule has 0 aromatic heterocycles. The molecule has 0 aromatic carbocycles. The van der Waals surface area contributed by atoms with Crippen molar-refractivity contribution in [3.8, 4) is 0 Å². The highest BCUT2D eigenvalue weighted by Crippen LogP contribution is 1.87. The van der Waals surface area contributed by atoms with Gasteiger partial charge in [-0.3, -0.25) is 4.79 Å². The van der Waals surface area contributed by atoms with Crippen LogP contribution in [-0.4, -0.2) is 26.0 Å². The van der Waals surface area contributed by atoms with Crippen molar-refractivity contribution >= 4 is 5.91 Å². The first-order valence-corrected chi connectivity index (χ1v) is 4.72. The Hall–Kier alpha value is -0.570. The zero-order chi connectivity index (χ0) is 9.23. The van der Waals surface area contributed by atoms with E-state index in [1.165, 1.54) is 12.8 Å². The Kier molecular flexibility index (Phi) is 8.12. The number of hydrogen-bond donors (Lipinski definition) is 2. The van der Waals surface area contributed by atoms with E-state index < -0.39 is 0 Å². The normalized spacial score (nSPS) is 9.83. The van der Waals surface area contributed by atoms with Crippen LogP contribution in [0, 0.1) is 0 Å². The van der Waals surface area contributed by atoms with Gasteiger partial charge in [0.05, 0.1) is 0 Å². The SMILES string of the molecule is CCCCNCCCC(=O)NC. The Morgan fingerprint density at radius 3 is 2.50 bits per heavy atom. The summed E-state index contributed by atoms with van der Waals surface area (Å²) in [6.45, 7) is 4.20. The van der Waals surface area contributed by atoms with Crippen LogP contribution in [0.15, 0.2) is 0 Å². The van der Waals surface area contributed by atoms with E-state index in [9.17, 15) is 4.79 Å². The van der Waals surface area contributed by atoms with Crippen molar-refractivity contribution in [2.45, 2.75) is 32.6 Å². The van der Waals surface area contributed by atoms with Gasteiger partial charge in [-0.25, -0.2) is 0 Å². The van der Waals surface area contributed by atoms with Gasteiger partial charge < -0.3 is 10.6 Å². The Labute approximate surface area is 74.9 Å². The van der Waals surface area contributed by atoms with Crippen LogP contribution in [-0.2, 0) is 4.79 Å². The fourth-order valence-electron chi connectivity index (χ4n) is 0.926. The number of amides is 1. The average molecular weight is 172 g/mol. The molecule has 0 spiro atoms. The maximum Gasteiger partial charge on any atom is 0.219 e. The van der Waals surface area contributed by atoms with Crippen molar-refractivity contribution in [3.63, 3.8) is 0 Å². The minimum atomic E-state index is 0.132. The molecule has 0 aromatic rings. The number of carbonyl (C=O) groups is 1. The first kappa shape index (κ1) is 11.4. The molecule has 0 aliphatic rings. The summed E-state index contributed by atoms with van der Waals surface area (Å²) in [6.07, 6.45) is 4.02. The lowest BCUT2D eigenvalue weighted by molar-refractivity contribution is -0.120. The third kappa shape index (κ3) is 7.54. The molecule has 0 bridgehead atoms. The smallest absolute Gasteiger partial charge is 0.219 e. The van der Waals surface area contributed by atoms with E-state index >= 15 is 0 Å². The zero-order valence-corrected chi connectivity index (χ0v) is 8.15. The molecule has 0 aliphatic heterocycles. The molecule has 0 fully saturated rings. The molecule has 12 heavy (non-hydrogen) atoms. The van der Waals surface area contributed by atoms with E-state index in [0.717, 1.165) is 19.5 Å². The average Bonchev–Trinajstić information content (AvgIpc) is 2.10. The molecule has 2 N–H and O–H groups in total. The highest BCUT2D eigenvalue weighted by atomic mass is 16.1. The number of rotatable bonds is 7. The fraction of sp³-hybridized carbons (Fsp3) is 0.889. The summed E-state index contributed by atoms with van der Waals surface area (Å²) in [4.78, 5) is 10.8. The van der Waals surface area contributed by atoms with Gasteiger partial charge in [0.25, 0.3) is 0 Å². The van der Waals surface area contributed by atoms with E-state index in [2.05, 4.69) is 17.6 Å². The molecule has 0 radical (unpaired) electrons. The second kappa shape index (κ2) is 8.53. The zero-order valence-electron chi connectivity index (χ0n) is 8.15. The molecule has 1 amide bonds. The van der Waals surface area contributed by atoms with Gasteiger partial charge in [0.2, 0.25) is 5.91 Å². The topological polar surface area (TPSA) is 41.1 Å². The quantitative estimate of drug-likeness (QED) is 0.560. The maximum absolute atomic E-state index is 10.8. The molecule has 3 nitrogen and oxygen atoms in total. The van der Waals surface area contributed by atoms with Crippen LogP contribution in [0.5, 0.6) is 0 Å². The Bertz CT molecular complexity index is 115. The highest BCUT2D eigenvalue weighted by Gasteiger charge is 1.95. The van der Waals surface area contributed by atoms with E-state index in [1.807, 2.05) is 0 Å². The molecule has 72 valence electrons. The van der Waals surface area contributed by atoms with E-state index in [4.69, 9.17) is 0 Å². The summed E-state index contributed by atoms with van der Waals surface area (Å²) in [7, 11) is 1.67. The van der Waals surface area contributed by atoms with Crippen molar-refractivity contribution in [2.24, 2.45) is 0 Å². The van der Waals surface area contributed by atoms with Crippen LogP contribution in [0.3, 0.4) is 0 Å². The molecule has 0 atom stereocenters. The standard InChI is InChI=1S/C9H20N2O/c1-3-4-7-11-8-5-6-9(12)10-2/h11H,3-8H2,1-2H3,(H,10,12). The first-order valence-electron chi connectivity index (χ1n) is 4.72. The van der Waals surface area contributed by atoms with Gasteiger partial charge in [-0.2, -0.15) is 0 Å². The van der Waals surface area contributed by atoms with Crippen molar-refractivity contribution in [1.29, 1.82) is 0 Å². The second-order valence-corrected chi connectivity index (χ2v) is 2.88. The van der Waals surface area contributed by atoms with Crippen LogP contribution in [0.1, 0.15) is 32.6 Å². The van der Waals surface area contributed by atoms with Crippen LogP contribution in [0.25, 0.3) is 0 Å². The lowest BCUT2D eigenvalue weighted by Crippen LogP contribution is -2.21. The highest BCUT2D eigenvalue weighted by molar-refractivity contribution is 5.75. The summed E-state index contributed by atoms with van der Waals surface area (Å²) in [5.41, 5.74) is 0. The Morgan fingerprint density at radius 2 is 1.92 bits per heavy atom. The summed E-state index contributed by atoms with van der Waals surface area (Å²) in [5, 5.41) is 5.89. The largest absolute Gasteiger partial charge is 0.359 e. The number of carbonyl (C=O) groups excluding carboxylic acids is 1. The van der Waals surface area contributed by atoms with E-state index in [0.29, 0.717) is 6.42 Å². The predicted molar refractivity (Wildman–Crippen MR) is 51.1 cm³/mol. The second-order valence-electron chi connectivity index (χ2n) is 2.88. The van der Waals surface area contributed by atoms with Crippen molar-refractivity contribution in [3.05, 3.63) is 0 Å². The van der Waals surface area contributed by atoms with Gasteiger partial charge in [-0.1, -0.05) is 13.3 Å². The van der Waals surface area contributed by atoms with Crippen molar-refractivity contribution in [2.75, 3.05) is 20.1 Å². The monoisotopic (exact) mass is 172 g/mol. The van der Waals surface area contributed by atoms with Crippen molar-refractivity contribution in [1.82, 2.24) is 10.6 Å². The minimum absolute atomic E-state index is 0.132. The van der Waals surface area contributed by atoms with Gasteiger partial charge in [0.15, 0.2) is 0 Å². The van der Waals surface area contributed by atoms with Gasteiger partial charge in [0.1, 0.15) is 0 Å². The van der Waals surface area contributed by atoms with Gasteiger partial charge >= 0.3 is 0 Å².